The van der Waals surface area contributed by atoms with E-state index in [0.717, 1.165) is 27.1 Å². The number of amides is 1. The van der Waals surface area contributed by atoms with Gasteiger partial charge in [-0.1, -0.05) is 48.5 Å². The minimum absolute atomic E-state index is 0.0243. The van der Waals surface area contributed by atoms with E-state index in [1.165, 1.54) is 12.1 Å². The van der Waals surface area contributed by atoms with Crippen molar-refractivity contribution >= 4 is 44.7 Å². The predicted octanol–water partition coefficient (Wildman–Crippen LogP) is 6.94. The number of nitrogens with one attached hydrogen (secondary N) is 1. The van der Waals surface area contributed by atoms with E-state index >= 15 is 0 Å². The summed E-state index contributed by atoms with van der Waals surface area (Å²) in [7, 11) is 0. The van der Waals surface area contributed by atoms with Gasteiger partial charge in [-0.05, 0) is 75.1 Å². The molecule has 0 heterocycles. The van der Waals surface area contributed by atoms with Gasteiger partial charge in [0.1, 0.15) is 0 Å². The second-order valence-corrected chi connectivity index (χ2v) is 8.89. The molecule has 0 aromatic heterocycles. The Kier molecular flexibility index (Phi) is 4.98. The summed E-state index contributed by atoms with van der Waals surface area (Å²) in [5.74, 6) is -2.45. The normalized spacial score (nSPS) is 12.9. The van der Waals surface area contributed by atoms with Crippen LogP contribution in [0.2, 0.25) is 0 Å². The Morgan fingerprint density at radius 2 is 1.03 bits per heavy atom. The van der Waals surface area contributed by atoms with Gasteiger partial charge in [0.15, 0.2) is 11.6 Å². The molecule has 5 aromatic carbocycles. The number of anilines is 1. The van der Waals surface area contributed by atoms with Gasteiger partial charge in [-0.15, -0.1) is 0 Å². The second-order valence-electron chi connectivity index (χ2n) is 8.89. The number of hydrogen-bond donors (Lipinski definition) is 1. The highest BCUT2D eigenvalue weighted by Crippen LogP contribution is 2.34. The first-order valence-electron chi connectivity index (χ1n) is 11.4. The number of carbonyl (C=O) groups excluding carboxylic acids is 3. The van der Waals surface area contributed by atoms with E-state index < -0.39 is 12.1 Å². The number of rotatable bonds is 2. The summed E-state index contributed by atoms with van der Waals surface area (Å²) in [6.45, 7) is 0. The van der Waals surface area contributed by atoms with Crippen LogP contribution >= 0.6 is 0 Å². The molecule has 0 bridgehead atoms. The quantitative estimate of drug-likeness (QED) is 0.283. The lowest BCUT2D eigenvalue weighted by atomic mass is 9.81. The third kappa shape index (κ3) is 3.85. The van der Waals surface area contributed by atoms with Crippen molar-refractivity contribution in [2.24, 2.45) is 0 Å². The van der Waals surface area contributed by atoms with Gasteiger partial charge in [-0.25, -0.2) is 0 Å². The van der Waals surface area contributed by atoms with Crippen molar-refractivity contribution in [3.63, 3.8) is 0 Å². The van der Waals surface area contributed by atoms with Crippen molar-refractivity contribution < 1.29 is 27.6 Å². The first kappa shape index (κ1) is 22.7. The van der Waals surface area contributed by atoms with E-state index in [0.29, 0.717) is 27.8 Å². The van der Waals surface area contributed by atoms with Crippen LogP contribution in [0.15, 0.2) is 91.0 Å². The summed E-state index contributed by atoms with van der Waals surface area (Å²) in [6.07, 6.45) is -4.97. The van der Waals surface area contributed by atoms with E-state index in [1.807, 2.05) is 47.8 Å². The highest BCUT2D eigenvalue weighted by atomic mass is 19.4. The van der Waals surface area contributed by atoms with Crippen LogP contribution in [0.5, 0.6) is 0 Å². The van der Waals surface area contributed by atoms with Gasteiger partial charge in [0.25, 0.3) is 0 Å². The molecule has 6 rings (SSSR count). The molecule has 7 heteroatoms. The van der Waals surface area contributed by atoms with Crippen LogP contribution in [-0.2, 0) is 4.79 Å². The average Bonchev–Trinajstić information content (AvgIpc) is 2.89. The number of fused-ring (bicyclic) bond motifs is 4. The predicted molar refractivity (Wildman–Crippen MR) is 135 cm³/mol. The molecule has 0 saturated heterocycles. The molecule has 1 aliphatic carbocycles. The Morgan fingerprint density at radius 3 is 1.54 bits per heavy atom. The molecule has 37 heavy (non-hydrogen) atoms. The highest BCUT2D eigenvalue weighted by molar-refractivity contribution is 6.30. The Morgan fingerprint density at radius 1 is 0.568 bits per heavy atom. The number of alkyl halides is 3. The van der Waals surface area contributed by atoms with Crippen molar-refractivity contribution in [1.82, 2.24) is 0 Å². The summed E-state index contributed by atoms with van der Waals surface area (Å²) in [5, 5.41) is 5.11. The SMILES string of the molecule is O=C1c2cc3ccccc3cc2C(=O)c2cc3cc(-c4ccc(NC(=O)C(F)(F)F)cc4)ccc3cc21. The molecule has 0 spiro atoms. The van der Waals surface area contributed by atoms with Crippen LogP contribution in [0.3, 0.4) is 0 Å². The molecule has 180 valence electrons. The van der Waals surface area contributed by atoms with E-state index in [1.54, 1.807) is 36.4 Å². The summed E-state index contributed by atoms with van der Waals surface area (Å²) in [6, 6.07) is 26.0. The standard InChI is InChI=1S/C30H16F3NO3/c31-30(32,33)29(37)34-22-9-7-16(8-10-22)19-5-6-20-14-25-26(15-21(20)11-19)28(36)24-13-18-4-2-1-3-17(18)12-23(24)27(25)35/h1-15H,(H,34,37). The lowest BCUT2D eigenvalue weighted by molar-refractivity contribution is -0.167. The van der Waals surface area contributed by atoms with E-state index in [4.69, 9.17) is 0 Å². The van der Waals surface area contributed by atoms with Crippen molar-refractivity contribution in [3.05, 3.63) is 113 Å². The molecular weight excluding hydrogens is 479 g/mol. The minimum Gasteiger partial charge on any atom is -0.318 e. The Hall–Kier alpha value is -4.78. The fourth-order valence-corrected chi connectivity index (χ4v) is 4.71. The molecule has 1 aliphatic rings. The van der Waals surface area contributed by atoms with Crippen LogP contribution in [0.25, 0.3) is 32.7 Å². The molecule has 0 saturated carbocycles. The topological polar surface area (TPSA) is 63.2 Å². The van der Waals surface area contributed by atoms with Crippen LogP contribution in [0, 0.1) is 0 Å². The maximum atomic E-state index is 13.4. The molecule has 0 fully saturated rings. The molecular formula is C30H16F3NO3. The van der Waals surface area contributed by atoms with Gasteiger partial charge in [0.05, 0.1) is 0 Å². The molecule has 0 unspecified atom stereocenters. The van der Waals surface area contributed by atoms with Crippen molar-refractivity contribution in [2.75, 3.05) is 5.32 Å². The molecule has 0 radical (unpaired) electrons. The van der Waals surface area contributed by atoms with Gasteiger partial charge in [0.2, 0.25) is 0 Å². The Bertz CT molecular complexity index is 1790. The van der Waals surface area contributed by atoms with E-state index in [2.05, 4.69) is 0 Å². The van der Waals surface area contributed by atoms with Gasteiger partial charge < -0.3 is 5.32 Å². The zero-order valence-electron chi connectivity index (χ0n) is 19.0. The summed E-state index contributed by atoms with van der Waals surface area (Å²) < 4.78 is 37.5. The lowest BCUT2D eigenvalue weighted by Gasteiger charge is -2.19. The van der Waals surface area contributed by atoms with Crippen LogP contribution in [-0.4, -0.2) is 23.6 Å². The van der Waals surface area contributed by atoms with Crippen molar-refractivity contribution in [3.8, 4) is 11.1 Å². The average molecular weight is 495 g/mol. The van der Waals surface area contributed by atoms with Gasteiger partial charge in [-0.3, -0.25) is 14.4 Å². The molecule has 5 aromatic rings. The number of hydrogen-bond acceptors (Lipinski definition) is 3. The van der Waals surface area contributed by atoms with Gasteiger partial charge in [-0.2, -0.15) is 13.2 Å². The molecule has 0 aliphatic heterocycles. The summed E-state index contributed by atoms with van der Waals surface area (Å²) in [5.41, 5.74) is 2.97. The Labute approximate surface area is 208 Å². The fourth-order valence-electron chi connectivity index (χ4n) is 4.71. The minimum atomic E-state index is -4.97. The van der Waals surface area contributed by atoms with E-state index in [-0.39, 0.29) is 17.3 Å². The fraction of sp³-hybridized carbons (Fsp3) is 0.0333. The monoisotopic (exact) mass is 495 g/mol. The maximum absolute atomic E-state index is 13.4. The van der Waals surface area contributed by atoms with Crippen LogP contribution in [0.4, 0.5) is 18.9 Å². The summed E-state index contributed by atoms with van der Waals surface area (Å²) in [4.78, 5) is 37.9. The van der Waals surface area contributed by atoms with Gasteiger partial charge in [0, 0.05) is 27.9 Å². The summed E-state index contributed by atoms with van der Waals surface area (Å²) >= 11 is 0. The molecule has 1 N–H and O–H groups in total. The van der Waals surface area contributed by atoms with Gasteiger partial charge >= 0.3 is 12.1 Å². The molecule has 0 atom stereocenters. The number of carbonyl (C=O) groups is 3. The molecule has 4 nitrogen and oxygen atoms in total. The van der Waals surface area contributed by atoms with Crippen LogP contribution < -0.4 is 5.32 Å². The zero-order valence-corrected chi connectivity index (χ0v) is 19.0. The molecule has 1 amide bonds. The van der Waals surface area contributed by atoms with Crippen LogP contribution in [0.1, 0.15) is 31.8 Å². The zero-order chi connectivity index (χ0) is 25.9. The van der Waals surface area contributed by atoms with E-state index in [9.17, 15) is 27.6 Å². The van der Waals surface area contributed by atoms with Crippen molar-refractivity contribution in [2.45, 2.75) is 6.18 Å². The van der Waals surface area contributed by atoms with Crippen molar-refractivity contribution in [1.29, 1.82) is 0 Å². The Balaban J connectivity index is 1.37. The number of halogens is 3. The first-order valence-corrected chi connectivity index (χ1v) is 11.4. The smallest absolute Gasteiger partial charge is 0.318 e. The third-order valence-electron chi connectivity index (χ3n) is 6.57. The maximum Gasteiger partial charge on any atom is 0.471 e. The first-order chi connectivity index (χ1) is 17.7. The third-order valence-corrected chi connectivity index (χ3v) is 6.57. The lowest BCUT2D eigenvalue weighted by Crippen LogP contribution is -2.29. The number of ketones is 2. The number of benzene rings is 5. The second kappa shape index (κ2) is 8.13. The largest absolute Gasteiger partial charge is 0.471 e. The highest BCUT2D eigenvalue weighted by Gasteiger charge is 2.38.